The summed E-state index contributed by atoms with van der Waals surface area (Å²) in [5.74, 6) is 1.69. The van der Waals surface area contributed by atoms with Gasteiger partial charge in [-0.1, -0.05) is 50.8 Å². The van der Waals surface area contributed by atoms with Crippen molar-refractivity contribution >= 4 is 11.8 Å². The molecule has 0 heterocycles. The molecule has 2 aromatic carbocycles. The quantitative estimate of drug-likeness (QED) is 0.728. The Labute approximate surface area is 137 Å². The van der Waals surface area contributed by atoms with Crippen LogP contribution >= 0.6 is 11.8 Å². The zero-order chi connectivity index (χ0) is 15.8. The second kappa shape index (κ2) is 8.74. The highest BCUT2D eigenvalue weighted by Gasteiger charge is 2.19. The molecule has 0 radical (unpaired) electrons. The minimum absolute atomic E-state index is 0.269. The molecule has 0 atom stereocenters. The van der Waals surface area contributed by atoms with E-state index in [1.165, 1.54) is 32.1 Å². The Bertz CT molecular complexity index is 501. The number of phenols is 2. The number of hydrogen-bond donors (Lipinski definition) is 2. The molecule has 0 spiro atoms. The Morgan fingerprint density at radius 2 is 1.32 bits per heavy atom. The van der Waals surface area contributed by atoms with Crippen molar-refractivity contribution in [1.29, 1.82) is 0 Å². The first-order valence-electron chi connectivity index (χ1n) is 7.93. The molecule has 0 bridgehead atoms. The third kappa shape index (κ3) is 6.44. The summed E-state index contributed by atoms with van der Waals surface area (Å²) in [5, 5.41) is 18.2. The van der Waals surface area contributed by atoms with E-state index in [2.05, 4.69) is 6.92 Å². The van der Waals surface area contributed by atoms with Gasteiger partial charge in [0.05, 0.1) is 0 Å². The van der Waals surface area contributed by atoms with Gasteiger partial charge in [-0.2, -0.15) is 0 Å². The fourth-order valence-electron chi connectivity index (χ4n) is 2.06. The van der Waals surface area contributed by atoms with Crippen LogP contribution in [0, 0.1) is 5.92 Å². The molecule has 3 heteroatoms. The van der Waals surface area contributed by atoms with E-state index in [-0.39, 0.29) is 11.5 Å². The zero-order valence-corrected chi connectivity index (χ0v) is 13.9. The van der Waals surface area contributed by atoms with Gasteiger partial charge in [0.2, 0.25) is 0 Å². The summed E-state index contributed by atoms with van der Waals surface area (Å²) in [5.41, 5.74) is 0. The molecule has 118 valence electrons. The second-order valence-corrected chi connectivity index (χ2v) is 6.82. The van der Waals surface area contributed by atoms with Crippen LogP contribution in [-0.4, -0.2) is 10.2 Å². The van der Waals surface area contributed by atoms with Crippen molar-refractivity contribution in [2.75, 3.05) is 0 Å². The Morgan fingerprint density at radius 3 is 1.68 bits per heavy atom. The van der Waals surface area contributed by atoms with Gasteiger partial charge in [-0.25, -0.2) is 0 Å². The maximum Gasteiger partial charge on any atom is 0.115 e. The Hall–Kier alpha value is -1.61. The van der Waals surface area contributed by atoms with Gasteiger partial charge in [0.1, 0.15) is 11.5 Å². The van der Waals surface area contributed by atoms with E-state index in [0.29, 0.717) is 0 Å². The van der Waals surface area contributed by atoms with E-state index in [0.717, 1.165) is 15.7 Å². The van der Waals surface area contributed by atoms with Gasteiger partial charge in [-0.05, 0) is 54.4 Å². The van der Waals surface area contributed by atoms with E-state index >= 15 is 0 Å². The molecular weight excluding hydrogens is 292 g/mol. The second-order valence-electron chi connectivity index (χ2n) is 5.68. The Kier molecular flexibility index (Phi) is 6.66. The third-order valence-electron chi connectivity index (χ3n) is 3.57. The lowest BCUT2D eigenvalue weighted by molar-refractivity contribution is 0.474. The smallest absolute Gasteiger partial charge is 0.115 e. The van der Waals surface area contributed by atoms with Crippen molar-refractivity contribution in [2.45, 2.75) is 48.8 Å². The lowest BCUT2D eigenvalue weighted by atomic mass is 10.2. The first kappa shape index (κ1) is 16.8. The molecule has 2 N–H and O–H groups in total. The normalized spacial score (nSPS) is 13.3. The molecule has 22 heavy (non-hydrogen) atoms. The van der Waals surface area contributed by atoms with Crippen molar-refractivity contribution in [3.8, 4) is 11.5 Å². The van der Waals surface area contributed by atoms with Gasteiger partial charge in [-0.3, -0.25) is 0 Å². The Balaban J connectivity index is 0.000000211. The molecule has 1 aliphatic carbocycles. The fourth-order valence-corrected chi connectivity index (χ4v) is 2.88. The average molecular weight is 316 g/mol. The summed E-state index contributed by atoms with van der Waals surface area (Å²) in [6.07, 6.45) is 7.41. The maximum atomic E-state index is 9.12. The fraction of sp³-hybridized carbons (Fsp3) is 0.368. The van der Waals surface area contributed by atoms with E-state index in [9.17, 15) is 0 Å². The summed E-state index contributed by atoms with van der Waals surface area (Å²) in [6.45, 7) is 2.27. The molecule has 0 unspecified atom stereocenters. The summed E-state index contributed by atoms with van der Waals surface area (Å²) in [7, 11) is 0. The SMILES string of the molecule is CCCCC1CC1.Oc1ccc(Sc2ccc(O)cc2)cc1. The van der Waals surface area contributed by atoms with Crippen LogP contribution in [0.25, 0.3) is 0 Å². The van der Waals surface area contributed by atoms with Gasteiger partial charge in [0, 0.05) is 9.79 Å². The van der Waals surface area contributed by atoms with E-state index in [1.54, 1.807) is 36.0 Å². The van der Waals surface area contributed by atoms with Crippen molar-refractivity contribution in [1.82, 2.24) is 0 Å². The number of rotatable bonds is 5. The van der Waals surface area contributed by atoms with Crippen molar-refractivity contribution in [3.63, 3.8) is 0 Å². The largest absolute Gasteiger partial charge is 0.508 e. The van der Waals surface area contributed by atoms with Crippen LogP contribution in [0.5, 0.6) is 11.5 Å². The maximum absolute atomic E-state index is 9.12. The number of aromatic hydroxyl groups is 2. The van der Waals surface area contributed by atoms with Crippen LogP contribution in [0.2, 0.25) is 0 Å². The minimum atomic E-state index is 0.269. The van der Waals surface area contributed by atoms with Gasteiger partial charge < -0.3 is 10.2 Å². The minimum Gasteiger partial charge on any atom is -0.508 e. The predicted octanol–water partition coefficient (Wildman–Crippen LogP) is 5.84. The van der Waals surface area contributed by atoms with E-state index in [4.69, 9.17) is 10.2 Å². The highest BCUT2D eigenvalue weighted by atomic mass is 32.2. The lowest BCUT2D eigenvalue weighted by Gasteiger charge is -2.01. The molecule has 1 saturated carbocycles. The molecule has 2 nitrogen and oxygen atoms in total. The summed E-state index contributed by atoms with van der Waals surface area (Å²) in [4.78, 5) is 2.11. The van der Waals surface area contributed by atoms with Crippen LogP contribution in [0.4, 0.5) is 0 Å². The van der Waals surface area contributed by atoms with Crippen molar-refractivity contribution < 1.29 is 10.2 Å². The number of benzene rings is 2. The lowest BCUT2D eigenvalue weighted by Crippen LogP contribution is -1.73. The van der Waals surface area contributed by atoms with Crippen LogP contribution in [0.15, 0.2) is 58.3 Å². The molecule has 1 fully saturated rings. The summed E-state index contributed by atoms with van der Waals surface area (Å²) >= 11 is 1.58. The van der Waals surface area contributed by atoms with Crippen LogP contribution < -0.4 is 0 Å². The standard InChI is InChI=1S/C12H10O2S.C7H14/c13-9-1-5-11(6-2-9)15-12-7-3-10(14)4-8-12;1-2-3-4-7-5-6-7/h1-8,13-14H;7H,2-6H2,1H3. The molecule has 0 amide bonds. The van der Waals surface area contributed by atoms with Crippen LogP contribution in [-0.2, 0) is 0 Å². The summed E-state index contributed by atoms with van der Waals surface area (Å²) in [6, 6.07) is 14.0. The monoisotopic (exact) mass is 316 g/mol. The first-order chi connectivity index (χ1) is 10.7. The van der Waals surface area contributed by atoms with Crippen molar-refractivity contribution in [3.05, 3.63) is 48.5 Å². The van der Waals surface area contributed by atoms with Gasteiger partial charge in [0.15, 0.2) is 0 Å². The van der Waals surface area contributed by atoms with E-state index < -0.39 is 0 Å². The van der Waals surface area contributed by atoms with Crippen LogP contribution in [0.1, 0.15) is 39.0 Å². The van der Waals surface area contributed by atoms with Gasteiger partial charge in [0.25, 0.3) is 0 Å². The molecule has 0 saturated heterocycles. The number of hydrogen-bond acceptors (Lipinski definition) is 3. The average Bonchev–Trinajstić information content (AvgIpc) is 3.35. The number of unbranched alkanes of at least 4 members (excludes halogenated alkanes) is 1. The van der Waals surface area contributed by atoms with Gasteiger partial charge in [-0.15, -0.1) is 0 Å². The molecular formula is C19H24O2S. The van der Waals surface area contributed by atoms with Crippen molar-refractivity contribution in [2.24, 2.45) is 5.92 Å². The zero-order valence-electron chi connectivity index (χ0n) is 13.0. The Morgan fingerprint density at radius 1 is 0.864 bits per heavy atom. The number of phenolic OH excluding ortho intramolecular Hbond substituents is 2. The predicted molar refractivity (Wildman–Crippen MR) is 92.6 cm³/mol. The molecule has 3 rings (SSSR count). The molecule has 1 aliphatic rings. The molecule has 2 aromatic rings. The summed E-state index contributed by atoms with van der Waals surface area (Å²) < 4.78 is 0. The molecule has 0 aliphatic heterocycles. The van der Waals surface area contributed by atoms with E-state index in [1.807, 2.05) is 24.3 Å². The van der Waals surface area contributed by atoms with Crippen LogP contribution in [0.3, 0.4) is 0 Å². The highest BCUT2D eigenvalue weighted by Crippen LogP contribution is 2.33. The first-order valence-corrected chi connectivity index (χ1v) is 8.75. The highest BCUT2D eigenvalue weighted by molar-refractivity contribution is 7.99. The topological polar surface area (TPSA) is 40.5 Å². The van der Waals surface area contributed by atoms with Gasteiger partial charge >= 0.3 is 0 Å². The third-order valence-corrected chi connectivity index (χ3v) is 4.59. The molecule has 0 aromatic heterocycles.